The summed E-state index contributed by atoms with van der Waals surface area (Å²) in [6, 6.07) is 15.6. The van der Waals surface area contributed by atoms with E-state index in [1.165, 1.54) is 4.57 Å². The van der Waals surface area contributed by atoms with Gasteiger partial charge in [-0.3, -0.25) is 14.2 Å². The van der Waals surface area contributed by atoms with Gasteiger partial charge in [-0.15, -0.1) is 10.4 Å². The Hall–Kier alpha value is -4.97. The lowest BCUT2D eigenvalue weighted by Gasteiger charge is -2.19. The molecule has 9 nitrogen and oxygen atoms in total. The number of carbonyl (C=O) groups is 1. The first kappa shape index (κ1) is 21.9. The minimum Gasteiger partial charge on any atom is -0.382 e. The molecule has 0 spiro atoms. The van der Waals surface area contributed by atoms with Gasteiger partial charge in [0.2, 0.25) is 0 Å². The number of anilines is 1. The SMILES string of the molecule is CC#Cc1cccc2nc(C(C)NC(=O)c3c(N)[nH][n+]4cccnc34)n(-c3ccccc3)c(=O)c12. The average molecular weight is 465 g/mol. The second-order valence-electron chi connectivity index (χ2n) is 7.93. The number of para-hydroxylation sites is 1. The lowest BCUT2D eigenvalue weighted by Crippen LogP contribution is -2.34. The number of rotatable bonds is 4. The zero-order valence-electron chi connectivity index (χ0n) is 19.1. The molecule has 9 heteroatoms. The Kier molecular flexibility index (Phi) is 5.47. The Morgan fingerprint density at radius 3 is 2.74 bits per heavy atom. The van der Waals surface area contributed by atoms with Crippen LogP contribution >= 0.6 is 0 Å². The standard InChI is InChI=1S/C26H21N7O2/c1-3-9-17-10-7-13-19-20(17)26(35)33(18-11-5-4-6-12-18)23(30-19)16(2)29-25(34)21-22(27)31-32-15-8-14-28-24(21)32/h4-8,10-16H,1-2H3,(H3,27,29,31,34)/p+1. The molecule has 0 fully saturated rings. The summed E-state index contributed by atoms with van der Waals surface area (Å²) in [5.41, 5.74) is 8.15. The molecule has 0 bridgehead atoms. The Balaban J connectivity index is 1.66. The van der Waals surface area contributed by atoms with Gasteiger partial charge in [0.25, 0.3) is 11.5 Å². The van der Waals surface area contributed by atoms with E-state index in [0.29, 0.717) is 33.6 Å². The van der Waals surface area contributed by atoms with E-state index in [1.807, 2.05) is 36.4 Å². The minimum absolute atomic E-state index is 0.183. The van der Waals surface area contributed by atoms with Crippen LogP contribution in [0.2, 0.25) is 0 Å². The number of H-pyrrole nitrogens is 1. The van der Waals surface area contributed by atoms with Crippen molar-refractivity contribution in [2.24, 2.45) is 0 Å². The van der Waals surface area contributed by atoms with Crippen molar-refractivity contribution in [3.63, 3.8) is 0 Å². The van der Waals surface area contributed by atoms with E-state index < -0.39 is 11.9 Å². The number of aromatic nitrogens is 5. The molecule has 1 amide bonds. The highest BCUT2D eigenvalue weighted by Gasteiger charge is 2.27. The van der Waals surface area contributed by atoms with Gasteiger partial charge in [-0.2, -0.15) is 0 Å². The van der Waals surface area contributed by atoms with Crippen LogP contribution in [0.3, 0.4) is 0 Å². The van der Waals surface area contributed by atoms with Crippen molar-refractivity contribution in [2.75, 3.05) is 5.73 Å². The zero-order chi connectivity index (χ0) is 24.5. The summed E-state index contributed by atoms with van der Waals surface area (Å²) in [6.07, 6.45) is 3.30. The molecule has 172 valence electrons. The van der Waals surface area contributed by atoms with E-state index in [4.69, 9.17) is 10.7 Å². The van der Waals surface area contributed by atoms with Crippen LogP contribution in [0.1, 0.15) is 41.6 Å². The molecule has 1 atom stereocenters. The second-order valence-corrected chi connectivity index (χ2v) is 7.93. The Morgan fingerprint density at radius 1 is 1.17 bits per heavy atom. The van der Waals surface area contributed by atoms with Crippen molar-refractivity contribution < 1.29 is 9.31 Å². The molecule has 3 aromatic heterocycles. The summed E-state index contributed by atoms with van der Waals surface area (Å²) < 4.78 is 3.08. The Labute approximate surface area is 200 Å². The number of hydrogen-bond donors (Lipinski definition) is 3. The number of hydrogen-bond acceptors (Lipinski definition) is 5. The van der Waals surface area contributed by atoms with Gasteiger partial charge in [0, 0.05) is 11.6 Å². The van der Waals surface area contributed by atoms with Crippen molar-refractivity contribution in [1.82, 2.24) is 25.0 Å². The Bertz CT molecular complexity index is 1710. The first-order valence-electron chi connectivity index (χ1n) is 11.0. The maximum absolute atomic E-state index is 13.8. The second kappa shape index (κ2) is 8.76. The summed E-state index contributed by atoms with van der Waals surface area (Å²) >= 11 is 0. The van der Waals surface area contributed by atoms with Gasteiger partial charge in [-0.1, -0.05) is 30.2 Å². The first-order chi connectivity index (χ1) is 17.0. The van der Waals surface area contributed by atoms with Crippen LogP contribution in [-0.2, 0) is 0 Å². The van der Waals surface area contributed by atoms with E-state index >= 15 is 0 Å². The predicted octanol–water partition coefficient (Wildman–Crippen LogP) is 2.29. The van der Waals surface area contributed by atoms with Crippen LogP contribution in [0.4, 0.5) is 5.82 Å². The van der Waals surface area contributed by atoms with Crippen LogP contribution in [0.15, 0.2) is 71.8 Å². The number of fused-ring (bicyclic) bond motifs is 2. The third-order valence-corrected chi connectivity index (χ3v) is 5.64. The van der Waals surface area contributed by atoms with Crippen molar-refractivity contribution in [2.45, 2.75) is 19.9 Å². The molecular formula is C26H22N7O2+. The van der Waals surface area contributed by atoms with Crippen LogP contribution in [0.5, 0.6) is 0 Å². The van der Waals surface area contributed by atoms with Gasteiger partial charge in [-0.25, -0.2) is 10.1 Å². The van der Waals surface area contributed by atoms with E-state index in [2.05, 4.69) is 27.2 Å². The van der Waals surface area contributed by atoms with Gasteiger partial charge in [0.05, 0.1) is 22.6 Å². The summed E-state index contributed by atoms with van der Waals surface area (Å²) in [4.78, 5) is 36.1. The molecule has 1 unspecified atom stereocenters. The maximum Gasteiger partial charge on any atom is 0.362 e. The van der Waals surface area contributed by atoms with Gasteiger partial charge < -0.3 is 11.1 Å². The summed E-state index contributed by atoms with van der Waals surface area (Å²) in [6.45, 7) is 3.49. The summed E-state index contributed by atoms with van der Waals surface area (Å²) in [5.74, 6) is 5.97. The molecule has 3 heterocycles. The molecular weight excluding hydrogens is 442 g/mol. The van der Waals surface area contributed by atoms with E-state index in [9.17, 15) is 9.59 Å². The quantitative estimate of drug-likeness (QED) is 0.278. The van der Waals surface area contributed by atoms with Crippen LogP contribution in [-0.4, -0.2) is 25.5 Å². The molecule has 4 N–H and O–H groups in total. The van der Waals surface area contributed by atoms with Crippen molar-refractivity contribution in [3.05, 3.63) is 94.3 Å². The number of carbonyl (C=O) groups excluding carboxylic acids is 1. The summed E-state index contributed by atoms with van der Waals surface area (Å²) in [5, 5.41) is 6.25. The van der Waals surface area contributed by atoms with Crippen LogP contribution in [0.25, 0.3) is 22.2 Å². The van der Waals surface area contributed by atoms with Gasteiger partial charge >= 0.3 is 5.65 Å². The molecule has 35 heavy (non-hydrogen) atoms. The molecule has 0 aliphatic rings. The van der Waals surface area contributed by atoms with E-state index in [-0.39, 0.29) is 16.9 Å². The highest BCUT2D eigenvalue weighted by molar-refractivity contribution is 6.03. The van der Waals surface area contributed by atoms with Gasteiger partial charge in [0.15, 0.2) is 11.4 Å². The van der Waals surface area contributed by atoms with Crippen molar-refractivity contribution in [1.29, 1.82) is 0 Å². The molecule has 5 rings (SSSR count). The fourth-order valence-electron chi connectivity index (χ4n) is 4.11. The molecule has 0 aliphatic heterocycles. The maximum atomic E-state index is 13.8. The van der Waals surface area contributed by atoms with Crippen molar-refractivity contribution in [3.8, 4) is 17.5 Å². The van der Waals surface area contributed by atoms with E-state index in [0.717, 1.165) is 0 Å². The molecule has 0 radical (unpaired) electrons. The highest BCUT2D eigenvalue weighted by Crippen LogP contribution is 2.21. The molecule has 0 saturated carbocycles. The van der Waals surface area contributed by atoms with Gasteiger partial charge in [0.1, 0.15) is 18.2 Å². The number of aromatic amines is 1. The molecule has 0 aliphatic carbocycles. The molecule has 0 saturated heterocycles. The molecule has 5 aromatic rings. The molecule has 2 aromatic carbocycles. The highest BCUT2D eigenvalue weighted by atomic mass is 16.2. The van der Waals surface area contributed by atoms with Crippen molar-refractivity contribution >= 4 is 28.3 Å². The lowest BCUT2D eigenvalue weighted by molar-refractivity contribution is -0.577. The van der Waals surface area contributed by atoms with E-state index in [1.54, 1.807) is 49.0 Å². The minimum atomic E-state index is -0.640. The number of nitrogens with two attached hydrogens (primary N) is 1. The fraction of sp³-hybridized carbons (Fsp3) is 0.115. The normalized spacial score (nSPS) is 11.7. The topological polar surface area (TPSA) is 123 Å². The zero-order valence-corrected chi connectivity index (χ0v) is 19.1. The first-order valence-corrected chi connectivity index (χ1v) is 11.0. The number of nitrogen functional groups attached to an aromatic ring is 1. The third kappa shape index (κ3) is 3.77. The number of benzene rings is 2. The number of nitrogens with one attached hydrogen (secondary N) is 2. The third-order valence-electron chi connectivity index (χ3n) is 5.64. The summed E-state index contributed by atoms with van der Waals surface area (Å²) in [7, 11) is 0. The predicted molar refractivity (Wildman–Crippen MR) is 132 cm³/mol. The number of amides is 1. The fourth-order valence-corrected chi connectivity index (χ4v) is 4.11. The smallest absolute Gasteiger partial charge is 0.362 e. The largest absolute Gasteiger partial charge is 0.382 e. The number of nitrogens with zero attached hydrogens (tertiary/aromatic N) is 4. The van der Waals surface area contributed by atoms with Gasteiger partial charge in [-0.05, 0) is 43.1 Å². The van der Waals surface area contributed by atoms with Crippen LogP contribution in [0, 0.1) is 11.8 Å². The average Bonchev–Trinajstić information content (AvgIpc) is 3.20. The lowest BCUT2D eigenvalue weighted by atomic mass is 10.1. The van der Waals surface area contributed by atoms with Crippen LogP contribution < -0.4 is 21.1 Å². The Morgan fingerprint density at radius 2 is 1.97 bits per heavy atom. The monoisotopic (exact) mass is 464 g/mol.